The molecule has 1 aliphatic rings. The van der Waals surface area contributed by atoms with E-state index in [1.54, 1.807) is 11.6 Å². The van der Waals surface area contributed by atoms with E-state index >= 15 is 0 Å². The molecule has 1 fully saturated rings. The number of hydrogen-bond donors (Lipinski definition) is 1. The van der Waals surface area contributed by atoms with E-state index in [1.165, 1.54) is 13.1 Å². The Kier molecular flexibility index (Phi) is 5.05. The molecule has 1 aliphatic heterocycles. The lowest BCUT2D eigenvalue weighted by atomic mass is 9.97. The highest BCUT2D eigenvalue weighted by Gasteiger charge is 2.27. The molecule has 0 aliphatic carbocycles. The highest BCUT2D eigenvalue weighted by Crippen LogP contribution is 2.22. The van der Waals surface area contributed by atoms with Gasteiger partial charge in [-0.3, -0.25) is 18.7 Å². The summed E-state index contributed by atoms with van der Waals surface area (Å²) >= 11 is 0. The molecule has 1 N–H and O–H groups in total. The number of nitrogens with one attached hydrogen (secondary N) is 1. The van der Waals surface area contributed by atoms with Crippen molar-refractivity contribution in [2.75, 3.05) is 25.0 Å². The van der Waals surface area contributed by atoms with Crippen molar-refractivity contribution in [1.82, 2.24) is 14.5 Å². The van der Waals surface area contributed by atoms with Crippen molar-refractivity contribution in [2.45, 2.75) is 32.7 Å². The van der Waals surface area contributed by atoms with Gasteiger partial charge in [-0.1, -0.05) is 6.92 Å². The molecule has 0 saturated carbocycles. The topological polar surface area (TPSA) is 76.3 Å². The van der Waals surface area contributed by atoms with Crippen LogP contribution >= 0.6 is 0 Å². The number of hydrogen-bond acceptors (Lipinski definition) is 4. The van der Waals surface area contributed by atoms with Crippen molar-refractivity contribution in [3.63, 3.8) is 0 Å². The lowest BCUT2D eigenvalue weighted by Crippen LogP contribution is -2.46. The first-order valence-corrected chi connectivity index (χ1v) is 7.77. The van der Waals surface area contributed by atoms with Crippen LogP contribution in [0.2, 0.25) is 0 Å². The van der Waals surface area contributed by atoms with Crippen LogP contribution in [0, 0.1) is 5.92 Å². The Morgan fingerprint density at radius 2 is 2.14 bits per heavy atom. The first kappa shape index (κ1) is 16.3. The van der Waals surface area contributed by atoms with Gasteiger partial charge in [-0.15, -0.1) is 0 Å². The van der Waals surface area contributed by atoms with E-state index in [2.05, 4.69) is 5.32 Å². The van der Waals surface area contributed by atoms with E-state index in [0.717, 1.165) is 30.4 Å². The minimum Gasteiger partial charge on any atom is -0.359 e. The lowest BCUT2D eigenvalue weighted by molar-refractivity contribution is -0.124. The summed E-state index contributed by atoms with van der Waals surface area (Å²) in [5.74, 6) is 0.537. The van der Waals surface area contributed by atoms with E-state index < -0.39 is 0 Å². The minimum atomic E-state index is -0.311. The summed E-state index contributed by atoms with van der Waals surface area (Å²) in [6.45, 7) is 3.84. The third kappa shape index (κ3) is 3.08. The molecule has 1 amide bonds. The van der Waals surface area contributed by atoms with E-state index in [-0.39, 0.29) is 23.1 Å². The fraction of sp³-hybridized carbons (Fsp3) is 0.667. The smallest absolute Gasteiger partial charge is 0.332 e. The normalized spacial score (nSPS) is 18.3. The fourth-order valence-electron chi connectivity index (χ4n) is 2.96. The Bertz CT molecular complexity index is 662. The van der Waals surface area contributed by atoms with Gasteiger partial charge in [-0.05, 0) is 19.3 Å². The van der Waals surface area contributed by atoms with Gasteiger partial charge in [-0.2, -0.15) is 0 Å². The van der Waals surface area contributed by atoms with Crippen LogP contribution in [0.1, 0.15) is 26.2 Å². The molecule has 7 heteroatoms. The van der Waals surface area contributed by atoms with Gasteiger partial charge in [0, 0.05) is 39.8 Å². The third-order valence-corrected chi connectivity index (χ3v) is 4.19. The minimum absolute atomic E-state index is 0.0120. The second-order valence-corrected chi connectivity index (χ2v) is 5.73. The van der Waals surface area contributed by atoms with Crippen LogP contribution in [0.25, 0.3) is 0 Å². The molecule has 122 valence electrons. The molecule has 1 aromatic rings. The Morgan fingerprint density at radius 1 is 1.41 bits per heavy atom. The van der Waals surface area contributed by atoms with Gasteiger partial charge < -0.3 is 10.2 Å². The zero-order valence-electron chi connectivity index (χ0n) is 13.5. The van der Waals surface area contributed by atoms with Crippen molar-refractivity contribution >= 4 is 11.7 Å². The monoisotopic (exact) mass is 308 g/mol. The Balaban J connectivity index is 2.41. The Hall–Kier alpha value is -2.05. The zero-order chi connectivity index (χ0) is 16.3. The molecule has 0 radical (unpaired) electrons. The van der Waals surface area contributed by atoms with Gasteiger partial charge in [0.1, 0.15) is 5.82 Å². The van der Waals surface area contributed by atoms with Crippen LogP contribution in [0.5, 0.6) is 0 Å². The van der Waals surface area contributed by atoms with Gasteiger partial charge in [0.2, 0.25) is 5.91 Å². The second-order valence-electron chi connectivity index (χ2n) is 5.73. The molecule has 0 bridgehead atoms. The molecule has 2 rings (SSSR count). The van der Waals surface area contributed by atoms with Gasteiger partial charge in [0.25, 0.3) is 5.56 Å². The van der Waals surface area contributed by atoms with Crippen LogP contribution in [-0.2, 0) is 18.4 Å². The van der Waals surface area contributed by atoms with Crippen LogP contribution in [0.15, 0.2) is 15.7 Å². The van der Waals surface area contributed by atoms with E-state index in [1.807, 2.05) is 11.8 Å². The molecule has 1 unspecified atom stereocenters. The number of aromatic nitrogens is 2. The van der Waals surface area contributed by atoms with Gasteiger partial charge in [-0.25, -0.2) is 4.79 Å². The van der Waals surface area contributed by atoms with Crippen molar-refractivity contribution in [3.8, 4) is 0 Å². The quantitative estimate of drug-likeness (QED) is 0.844. The number of rotatable bonds is 4. The summed E-state index contributed by atoms with van der Waals surface area (Å²) in [5.41, 5.74) is -0.610. The number of nitrogens with zero attached hydrogens (tertiary/aromatic N) is 3. The highest BCUT2D eigenvalue weighted by atomic mass is 16.2. The van der Waals surface area contributed by atoms with Crippen molar-refractivity contribution in [3.05, 3.63) is 26.9 Å². The maximum absolute atomic E-state index is 12.3. The molecule has 0 aromatic carbocycles. The summed E-state index contributed by atoms with van der Waals surface area (Å²) in [6, 6.07) is 1.50. The highest BCUT2D eigenvalue weighted by molar-refractivity contribution is 5.79. The summed E-state index contributed by atoms with van der Waals surface area (Å²) in [6.07, 6.45) is 2.50. The van der Waals surface area contributed by atoms with Crippen LogP contribution in [0.4, 0.5) is 5.82 Å². The molecule has 1 aromatic heterocycles. The molecule has 7 nitrogen and oxygen atoms in total. The van der Waals surface area contributed by atoms with E-state index in [4.69, 9.17) is 0 Å². The average molecular weight is 308 g/mol. The van der Waals surface area contributed by atoms with Gasteiger partial charge in [0.15, 0.2) is 0 Å². The molecule has 22 heavy (non-hydrogen) atoms. The average Bonchev–Trinajstić information content (AvgIpc) is 2.54. The zero-order valence-corrected chi connectivity index (χ0v) is 13.5. The lowest BCUT2D eigenvalue weighted by Gasteiger charge is -2.34. The van der Waals surface area contributed by atoms with E-state index in [9.17, 15) is 14.4 Å². The van der Waals surface area contributed by atoms with Gasteiger partial charge in [0.05, 0.1) is 5.92 Å². The number of amides is 1. The second kappa shape index (κ2) is 6.81. The van der Waals surface area contributed by atoms with Crippen molar-refractivity contribution < 1.29 is 4.79 Å². The fourth-order valence-corrected chi connectivity index (χ4v) is 2.96. The van der Waals surface area contributed by atoms with E-state index in [0.29, 0.717) is 18.9 Å². The molecular weight excluding hydrogens is 284 g/mol. The summed E-state index contributed by atoms with van der Waals surface area (Å²) in [5, 5.41) is 2.68. The number of anilines is 1. The molecule has 0 spiro atoms. The largest absolute Gasteiger partial charge is 0.359 e. The summed E-state index contributed by atoms with van der Waals surface area (Å²) in [7, 11) is 3.12. The Morgan fingerprint density at radius 3 is 2.77 bits per heavy atom. The maximum Gasteiger partial charge on any atom is 0.332 e. The number of piperidine rings is 1. The maximum atomic E-state index is 12.3. The summed E-state index contributed by atoms with van der Waals surface area (Å²) in [4.78, 5) is 38.2. The summed E-state index contributed by atoms with van der Waals surface area (Å²) < 4.78 is 2.76. The molecular formula is C15H24N4O3. The van der Waals surface area contributed by atoms with Crippen LogP contribution in [-0.4, -0.2) is 35.2 Å². The Labute approximate surface area is 129 Å². The van der Waals surface area contributed by atoms with Gasteiger partial charge >= 0.3 is 5.69 Å². The standard InChI is InChI=1S/C15H24N4O3/c1-4-7-19-12(9-13(20)17(3)15(19)22)18-8-5-6-11(10-18)14(21)16-2/h9,11H,4-8,10H2,1-3H3,(H,16,21). The third-order valence-electron chi connectivity index (χ3n) is 4.19. The van der Waals surface area contributed by atoms with Crippen molar-refractivity contribution in [1.29, 1.82) is 0 Å². The van der Waals surface area contributed by atoms with Crippen molar-refractivity contribution in [2.24, 2.45) is 13.0 Å². The van der Waals surface area contributed by atoms with Crippen LogP contribution in [0.3, 0.4) is 0 Å². The first-order chi connectivity index (χ1) is 10.5. The number of carbonyl (C=O) groups is 1. The molecule has 1 saturated heterocycles. The molecule has 2 heterocycles. The van der Waals surface area contributed by atoms with Crippen LogP contribution < -0.4 is 21.5 Å². The number of carbonyl (C=O) groups excluding carboxylic acids is 1. The SMILES string of the molecule is CCCn1c(N2CCCC(C(=O)NC)C2)cc(=O)n(C)c1=O. The first-order valence-electron chi connectivity index (χ1n) is 7.77. The predicted octanol–water partition coefficient (Wildman–Crippen LogP) is -0.0806. The predicted molar refractivity (Wildman–Crippen MR) is 85.2 cm³/mol. The molecule has 1 atom stereocenters.